The van der Waals surface area contributed by atoms with Crippen molar-refractivity contribution >= 4 is 0 Å². The fraction of sp³-hybridized carbons (Fsp3) is 0.647. The Labute approximate surface area is 116 Å². The Hall–Kier alpha value is -0.860. The van der Waals surface area contributed by atoms with E-state index in [1.165, 1.54) is 44.1 Å². The third-order valence-electron chi connectivity index (χ3n) is 5.10. The minimum absolute atomic E-state index is 0.344. The van der Waals surface area contributed by atoms with Crippen LogP contribution in [0.4, 0.5) is 0 Å². The average Bonchev–Trinajstić information content (AvgIpc) is 2.48. The maximum atomic E-state index is 6.18. The topological polar surface area (TPSA) is 35.2 Å². The molecule has 0 aromatic heterocycles. The molecule has 0 amide bonds. The predicted molar refractivity (Wildman–Crippen MR) is 78.1 cm³/mol. The van der Waals surface area contributed by atoms with E-state index >= 15 is 0 Å². The highest BCUT2D eigenvalue weighted by molar-refractivity contribution is 5.31. The predicted octanol–water partition coefficient (Wildman–Crippen LogP) is 2.94. The maximum Gasteiger partial charge on any atom is 0.0468 e. The SMILES string of the molecule is NCC1(CC2CCOCC2)CCc2ccccc2C1. The van der Waals surface area contributed by atoms with E-state index < -0.39 is 0 Å². The van der Waals surface area contributed by atoms with Gasteiger partial charge >= 0.3 is 0 Å². The van der Waals surface area contributed by atoms with E-state index in [9.17, 15) is 0 Å². The van der Waals surface area contributed by atoms with Crippen molar-refractivity contribution in [3.63, 3.8) is 0 Å². The number of benzene rings is 1. The van der Waals surface area contributed by atoms with Crippen LogP contribution in [0.2, 0.25) is 0 Å². The van der Waals surface area contributed by atoms with Gasteiger partial charge in [-0.05, 0) is 67.5 Å². The fourth-order valence-electron chi connectivity index (χ4n) is 3.86. The Morgan fingerprint density at radius 1 is 1.16 bits per heavy atom. The largest absolute Gasteiger partial charge is 0.381 e. The molecule has 2 heteroatoms. The molecule has 0 bridgehead atoms. The minimum Gasteiger partial charge on any atom is -0.381 e. The lowest BCUT2D eigenvalue weighted by molar-refractivity contribution is 0.0448. The molecule has 3 rings (SSSR count). The Kier molecular flexibility index (Phi) is 3.90. The van der Waals surface area contributed by atoms with Gasteiger partial charge in [0.1, 0.15) is 0 Å². The van der Waals surface area contributed by atoms with E-state index in [1.54, 1.807) is 5.56 Å². The standard InChI is InChI=1S/C17H25NO/c18-13-17(11-14-6-9-19-10-7-14)8-5-15-3-1-2-4-16(15)12-17/h1-4,14H,5-13,18H2. The third kappa shape index (κ3) is 2.85. The Balaban J connectivity index is 1.73. The first-order valence-electron chi connectivity index (χ1n) is 7.66. The highest BCUT2D eigenvalue weighted by atomic mass is 16.5. The number of rotatable bonds is 3. The first kappa shape index (κ1) is 13.1. The van der Waals surface area contributed by atoms with Crippen LogP contribution in [0, 0.1) is 11.3 Å². The van der Waals surface area contributed by atoms with Gasteiger partial charge in [0, 0.05) is 13.2 Å². The molecule has 1 saturated heterocycles. The van der Waals surface area contributed by atoms with Crippen molar-refractivity contribution in [2.24, 2.45) is 17.1 Å². The van der Waals surface area contributed by atoms with E-state index in [2.05, 4.69) is 24.3 Å². The minimum atomic E-state index is 0.344. The van der Waals surface area contributed by atoms with Crippen LogP contribution in [0.25, 0.3) is 0 Å². The first-order valence-corrected chi connectivity index (χ1v) is 7.66. The molecule has 0 spiro atoms. The van der Waals surface area contributed by atoms with Gasteiger partial charge in [-0.25, -0.2) is 0 Å². The summed E-state index contributed by atoms with van der Waals surface area (Å²) in [6.07, 6.45) is 7.39. The molecule has 0 radical (unpaired) electrons. The van der Waals surface area contributed by atoms with Crippen LogP contribution in [0.1, 0.15) is 36.8 Å². The molecule has 1 fully saturated rings. The molecule has 104 valence electrons. The summed E-state index contributed by atoms with van der Waals surface area (Å²) < 4.78 is 5.48. The molecule has 19 heavy (non-hydrogen) atoms. The van der Waals surface area contributed by atoms with Gasteiger partial charge in [-0.15, -0.1) is 0 Å². The number of hydrogen-bond donors (Lipinski definition) is 1. The highest BCUT2D eigenvalue weighted by Gasteiger charge is 2.35. The summed E-state index contributed by atoms with van der Waals surface area (Å²) in [5.41, 5.74) is 9.60. The van der Waals surface area contributed by atoms with Crippen LogP contribution < -0.4 is 5.73 Å². The van der Waals surface area contributed by atoms with Crippen LogP contribution in [-0.4, -0.2) is 19.8 Å². The second-order valence-electron chi connectivity index (χ2n) is 6.41. The molecule has 1 heterocycles. The van der Waals surface area contributed by atoms with Crippen LogP contribution in [0.3, 0.4) is 0 Å². The number of aryl methyl sites for hydroxylation is 1. The van der Waals surface area contributed by atoms with Gasteiger partial charge in [-0.2, -0.15) is 0 Å². The molecule has 2 nitrogen and oxygen atoms in total. The van der Waals surface area contributed by atoms with Crippen LogP contribution in [-0.2, 0) is 17.6 Å². The molecular weight excluding hydrogens is 234 g/mol. The van der Waals surface area contributed by atoms with E-state index in [1.807, 2.05) is 0 Å². The zero-order valence-corrected chi connectivity index (χ0v) is 11.7. The van der Waals surface area contributed by atoms with E-state index in [0.29, 0.717) is 5.41 Å². The monoisotopic (exact) mass is 259 g/mol. The van der Waals surface area contributed by atoms with Gasteiger partial charge in [0.2, 0.25) is 0 Å². The summed E-state index contributed by atoms with van der Waals surface area (Å²) >= 11 is 0. The lowest BCUT2D eigenvalue weighted by Gasteiger charge is -2.40. The van der Waals surface area contributed by atoms with Crippen LogP contribution in [0.15, 0.2) is 24.3 Å². The summed E-state index contributed by atoms with van der Waals surface area (Å²) in [5.74, 6) is 0.822. The van der Waals surface area contributed by atoms with Gasteiger partial charge in [0.05, 0.1) is 0 Å². The second-order valence-corrected chi connectivity index (χ2v) is 6.41. The molecule has 1 atom stereocenters. The normalized spacial score (nSPS) is 28.1. The van der Waals surface area contributed by atoms with Crippen molar-refractivity contribution in [1.29, 1.82) is 0 Å². The van der Waals surface area contributed by atoms with Gasteiger partial charge in [0.15, 0.2) is 0 Å². The molecule has 1 aromatic carbocycles. The third-order valence-corrected chi connectivity index (χ3v) is 5.10. The van der Waals surface area contributed by atoms with Crippen molar-refractivity contribution < 1.29 is 4.74 Å². The molecule has 1 aliphatic heterocycles. The van der Waals surface area contributed by atoms with Crippen molar-refractivity contribution in [2.75, 3.05) is 19.8 Å². The molecule has 2 aliphatic rings. The molecule has 1 aromatic rings. The van der Waals surface area contributed by atoms with Gasteiger partial charge in [0.25, 0.3) is 0 Å². The zero-order valence-electron chi connectivity index (χ0n) is 11.7. The lowest BCUT2D eigenvalue weighted by Crippen LogP contribution is -2.39. The molecule has 1 aliphatic carbocycles. The molecule has 0 saturated carbocycles. The van der Waals surface area contributed by atoms with Crippen molar-refractivity contribution in [3.8, 4) is 0 Å². The summed E-state index contributed by atoms with van der Waals surface area (Å²) in [6.45, 7) is 2.72. The lowest BCUT2D eigenvalue weighted by atomic mass is 9.66. The second kappa shape index (κ2) is 5.64. The molecule has 2 N–H and O–H groups in total. The summed E-state index contributed by atoms with van der Waals surface area (Å²) in [5, 5.41) is 0. The Bertz CT molecular complexity index is 425. The number of fused-ring (bicyclic) bond motifs is 1. The molecular formula is C17H25NO. The smallest absolute Gasteiger partial charge is 0.0468 e. The number of ether oxygens (including phenoxy) is 1. The quantitative estimate of drug-likeness (QED) is 0.906. The van der Waals surface area contributed by atoms with Crippen molar-refractivity contribution in [1.82, 2.24) is 0 Å². The first-order chi connectivity index (χ1) is 9.31. The van der Waals surface area contributed by atoms with Gasteiger partial charge < -0.3 is 10.5 Å². The summed E-state index contributed by atoms with van der Waals surface area (Å²) in [6, 6.07) is 8.90. The number of nitrogens with two attached hydrogens (primary N) is 1. The zero-order chi connectivity index (χ0) is 13.1. The average molecular weight is 259 g/mol. The van der Waals surface area contributed by atoms with Gasteiger partial charge in [-0.3, -0.25) is 0 Å². The van der Waals surface area contributed by atoms with Crippen LogP contribution >= 0.6 is 0 Å². The number of hydrogen-bond acceptors (Lipinski definition) is 2. The summed E-state index contributed by atoms with van der Waals surface area (Å²) in [4.78, 5) is 0. The molecule has 1 unspecified atom stereocenters. The summed E-state index contributed by atoms with van der Waals surface area (Å²) in [7, 11) is 0. The van der Waals surface area contributed by atoms with E-state index in [0.717, 1.165) is 25.7 Å². The highest BCUT2D eigenvalue weighted by Crippen LogP contribution is 2.41. The van der Waals surface area contributed by atoms with E-state index in [4.69, 9.17) is 10.5 Å². The van der Waals surface area contributed by atoms with Gasteiger partial charge in [-0.1, -0.05) is 24.3 Å². The maximum absolute atomic E-state index is 6.18. The Morgan fingerprint density at radius 3 is 2.63 bits per heavy atom. The van der Waals surface area contributed by atoms with E-state index in [-0.39, 0.29) is 0 Å². The Morgan fingerprint density at radius 2 is 1.89 bits per heavy atom. The van der Waals surface area contributed by atoms with Crippen molar-refractivity contribution in [2.45, 2.75) is 38.5 Å². The van der Waals surface area contributed by atoms with Crippen LogP contribution in [0.5, 0.6) is 0 Å². The fourth-order valence-corrected chi connectivity index (χ4v) is 3.86. The van der Waals surface area contributed by atoms with Crippen molar-refractivity contribution in [3.05, 3.63) is 35.4 Å².